The molecular weight excluding hydrogens is 1070 g/mol. The van der Waals surface area contributed by atoms with Crippen LogP contribution in [0.2, 0.25) is 0 Å². The van der Waals surface area contributed by atoms with E-state index in [2.05, 4.69) is 20.7 Å². The zero-order valence-corrected chi connectivity index (χ0v) is 46.3. The number of hydrogen-bond acceptors (Lipinski definition) is 15. The minimum Gasteiger partial charge on any atom is -0.491 e. The average molecular weight is 1140 g/mol. The standard InChI is InChI=1S/C59H68F3N9O9S/c1-38(64-2)56(74)68-53(40-10-4-3-5-11-40)58(75)71-19-8-15-50(71)57-67-48(37-81-57)54(73)42-12-7-14-46(32-42)79-28-27-78-26-25-77-24-23-76-22-21-69-36-44(35-66-69)43-33-51(55(63)65-34-43)80-47-16-17-49-41(31-47)18-20-70(49)52(72)30-39-9-6-13-45(29-39)59(60,61)62/h6-7,9,12-14,16-17,29,31-38,40,50,53,64H,3-5,8,10-11,15,18-28,30H2,1-2H3,(H2,63,65)(H,68,74)/t38-,50-,53-/m0/s1. The number of ketones is 1. The van der Waals surface area contributed by atoms with Crippen molar-refractivity contribution in [2.24, 2.45) is 5.92 Å². The minimum absolute atomic E-state index is 0.0717. The van der Waals surface area contributed by atoms with Gasteiger partial charge in [-0.15, -0.1) is 11.3 Å². The Morgan fingerprint density at radius 2 is 1.59 bits per heavy atom. The van der Waals surface area contributed by atoms with Crippen molar-refractivity contribution in [2.75, 3.05) is 77.0 Å². The first-order chi connectivity index (χ1) is 39.2. The maximum Gasteiger partial charge on any atom is 0.416 e. The van der Waals surface area contributed by atoms with E-state index in [-0.39, 0.29) is 54.3 Å². The van der Waals surface area contributed by atoms with Crippen molar-refractivity contribution < 1.29 is 56.0 Å². The number of halogens is 3. The Kier molecular flexibility index (Phi) is 19.8. The maximum atomic E-state index is 14.2. The molecule has 18 nitrogen and oxygen atoms in total. The number of pyridine rings is 1. The molecule has 2 aliphatic heterocycles. The molecule has 5 heterocycles. The van der Waals surface area contributed by atoms with Crippen LogP contribution in [0.1, 0.15) is 95.7 Å². The van der Waals surface area contributed by atoms with E-state index >= 15 is 0 Å². The first-order valence-electron chi connectivity index (χ1n) is 27.5. The second-order valence-corrected chi connectivity index (χ2v) is 21.2. The number of hydrogen-bond donors (Lipinski definition) is 3. The zero-order valence-electron chi connectivity index (χ0n) is 45.5. The van der Waals surface area contributed by atoms with Crippen molar-refractivity contribution in [3.8, 4) is 28.4 Å². The van der Waals surface area contributed by atoms with Crippen LogP contribution in [0.25, 0.3) is 11.1 Å². The molecule has 0 bridgehead atoms. The predicted octanol–water partition coefficient (Wildman–Crippen LogP) is 8.62. The van der Waals surface area contributed by atoms with E-state index in [0.29, 0.717) is 110 Å². The van der Waals surface area contributed by atoms with E-state index in [1.807, 2.05) is 17.2 Å². The number of benzene rings is 3. The number of nitrogen functional groups attached to an aromatic ring is 1. The fourth-order valence-electron chi connectivity index (χ4n) is 10.3. The van der Waals surface area contributed by atoms with E-state index in [0.717, 1.165) is 73.8 Å². The molecule has 6 aromatic rings. The van der Waals surface area contributed by atoms with Crippen LogP contribution in [0.4, 0.5) is 24.7 Å². The van der Waals surface area contributed by atoms with Gasteiger partial charge in [0.25, 0.3) is 0 Å². The molecule has 4 N–H and O–H groups in total. The summed E-state index contributed by atoms with van der Waals surface area (Å²) in [7, 11) is 1.73. The summed E-state index contributed by atoms with van der Waals surface area (Å²) in [5, 5.41) is 13.0. The number of thiazole rings is 1. The highest BCUT2D eigenvalue weighted by atomic mass is 32.1. The molecule has 1 aliphatic carbocycles. The summed E-state index contributed by atoms with van der Waals surface area (Å²) >= 11 is 1.38. The summed E-state index contributed by atoms with van der Waals surface area (Å²) in [5.74, 6) is 0.835. The molecule has 81 heavy (non-hydrogen) atoms. The number of carbonyl (C=O) groups is 4. The third kappa shape index (κ3) is 15.2. The molecule has 430 valence electrons. The third-order valence-electron chi connectivity index (χ3n) is 14.8. The van der Waals surface area contributed by atoms with Crippen molar-refractivity contribution in [1.29, 1.82) is 0 Å². The Morgan fingerprint density at radius 1 is 0.827 bits per heavy atom. The smallest absolute Gasteiger partial charge is 0.416 e. The molecule has 3 aromatic carbocycles. The number of likely N-dealkylation sites (tertiary alicyclic amines) is 1. The SMILES string of the molecule is CN[C@@H](C)C(=O)N[C@H](C(=O)N1CCC[C@H]1c1nc(C(=O)c2cccc(OCCOCCOCCOCCn3cc(-c4cnc(N)c(Oc5ccc6c(c5)CCN6C(=O)Cc5cccc(C(F)(F)F)c5)c4)cn3)c2)cs1)C1CCCCC1. The fourth-order valence-corrected chi connectivity index (χ4v) is 11.3. The van der Waals surface area contributed by atoms with Crippen molar-refractivity contribution in [1.82, 2.24) is 35.3 Å². The van der Waals surface area contributed by atoms with Gasteiger partial charge in [0.15, 0.2) is 11.6 Å². The van der Waals surface area contributed by atoms with Gasteiger partial charge in [-0.2, -0.15) is 18.3 Å². The number of nitrogens with one attached hydrogen (secondary N) is 2. The van der Waals surface area contributed by atoms with Crippen molar-refractivity contribution >= 4 is 46.3 Å². The van der Waals surface area contributed by atoms with Gasteiger partial charge < -0.3 is 49.9 Å². The molecule has 2 fully saturated rings. The highest BCUT2D eigenvalue weighted by Crippen LogP contribution is 2.39. The second kappa shape index (κ2) is 27.5. The average Bonchev–Trinajstić information content (AvgIpc) is 4.46. The topological polar surface area (TPSA) is 215 Å². The number of nitrogens with zero attached hydrogens (tertiary/aromatic N) is 6. The number of ether oxygens (including phenoxy) is 5. The maximum absolute atomic E-state index is 14.2. The van der Waals surface area contributed by atoms with Crippen LogP contribution in [-0.2, 0) is 54.2 Å². The minimum atomic E-state index is -4.49. The molecular formula is C59H68F3N9O9S. The number of nitrogens with two attached hydrogens (primary N) is 1. The lowest BCUT2D eigenvalue weighted by Crippen LogP contribution is -2.55. The van der Waals surface area contributed by atoms with Crippen LogP contribution in [0.5, 0.6) is 17.2 Å². The van der Waals surface area contributed by atoms with Gasteiger partial charge >= 0.3 is 6.18 Å². The molecule has 1 saturated heterocycles. The van der Waals surface area contributed by atoms with Crippen LogP contribution in [0.3, 0.4) is 0 Å². The van der Waals surface area contributed by atoms with Gasteiger partial charge in [0.2, 0.25) is 23.5 Å². The number of anilines is 2. The molecule has 1 saturated carbocycles. The second-order valence-electron chi connectivity index (χ2n) is 20.4. The van der Waals surface area contributed by atoms with E-state index in [1.165, 1.54) is 23.5 Å². The summed E-state index contributed by atoms with van der Waals surface area (Å²) in [6.45, 7) is 5.73. The van der Waals surface area contributed by atoms with Crippen LogP contribution < -0.4 is 30.7 Å². The van der Waals surface area contributed by atoms with E-state index < -0.39 is 23.8 Å². The number of carbonyl (C=O) groups excluding carboxylic acids is 4. The lowest BCUT2D eigenvalue weighted by molar-refractivity contribution is -0.139. The Labute approximate surface area is 472 Å². The van der Waals surface area contributed by atoms with Gasteiger partial charge in [-0.1, -0.05) is 49.6 Å². The molecule has 0 radical (unpaired) electrons. The highest BCUT2D eigenvalue weighted by molar-refractivity contribution is 7.10. The molecule has 3 amide bonds. The monoisotopic (exact) mass is 1140 g/mol. The Bertz CT molecular complexity index is 3130. The normalized spacial score (nSPS) is 16.3. The number of likely N-dealkylation sites (N-methyl/N-ethyl adjacent to an activating group) is 1. The first kappa shape index (κ1) is 58.4. The summed E-state index contributed by atoms with van der Waals surface area (Å²) < 4.78 is 70.7. The highest BCUT2D eigenvalue weighted by Gasteiger charge is 2.40. The summed E-state index contributed by atoms with van der Waals surface area (Å²) in [4.78, 5) is 66.6. The van der Waals surface area contributed by atoms with Crippen LogP contribution in [-0.4, -0.2) is 127 Å². The van der Waals surface area contributed by atoms with Crippen molar-refractivity contribution in [3.63, 3.8) is 0 Å². The quantitative estimate of drug-likeness (QED) is 0.0343. The largest absolute Gasteiger partial charge is 0.491 e. The van der Waals surface area contributed by atoms with Gasteiger partial charge in [-0.25, -0.2) is 9.97 Å². The Morgan fingerprint density at radius 3 is 2.37 bits per heavy atom. The third-order valence-corrected chi connectivity index (χ3v) is 15.8. The fraction of sp³-hybridized carbons (Fsp3) is 0.441. The molecule has 3 aromatic heterocycles. The number of amides is 3. The zero-order chi connectivity index (χ0) is 56.9. The number of alkyl halides is 3. The van der Waals surface area contributed by atoms with Gasteiger partial charge in [-0.3, -0.25) is 23.9 Å². The molecule has 22 heteroatoms. The molecule has 9 rings (SSSR count). The summed E-state index contributed by atoms with van der Waals surface area (Å²) in [5.41, 5.74) is 9.54. The lowest BCUT2D eigenvalue weighted by atomic mass is 9.83. The number of rotatable bonds is 26. The summed E-state index contributed by atoms with van der Waals surface area (Å²) in [6, 6.07) is 17.6. The van der Waals surface area contributed by atoms with Gasteiger partial charge in [-0.05, 0) is 106 Å². The molecule has 0 unspecified atom stereocenters. The van der Waals surface area contributed by atoms with Gasteiger partial charge in [0.1, 0.15) is 34.8 Å². The van der Waals surface area contributed by atoms with Crippen LogP contribution in [0.15, 0.2) is 96.8 Å². The summed E-state index contributed by atoms with van der Waals surface area (Å²) in [6.07, 6.45) is 7.70. The Hall–Kier alpha value is -7.24. The molecule has 3 aliphatic rings. The van der Waals surface area contributed by atoms with E-state index in [4.69, 9.17) is 34.4 Å². The van der Waals surface area contributed by atoms with Crippen molar-refractivity contribution in [3.05, 3.63) is 130 Å². The number of fused-ring (bicyclic) bond motifs is 1. The van der Waals surface area contributed by atoms with Crippen LogP contribution >= 0.6 is 11.3 Å². The first-order valence-corrected chi connectivity index (χ1v) is 28.4. The van der Waals surface area contributed by atoms with Crippen molar-refractivity contribution in [2.45, 2.75) is 95.6 Å². The molecule has 3 atom stereocenters. The van der Waals surface area contributed by atoms with E-state index in [1.54, 1.807) is 83.8 Å². The number of aromatic nitrogens is 4. The van der Waals surface area contributed by atoms with E-state index in [9.17, 15) is 32.3 Å². The Balaban J connectivity index is 0.648. The van der Waals surface area contributed by atoms with Crippen LogP contribution in [0, 0.1) is 5.92 Å². The lowest BCUT2D eigenvalue weighted by Gasteiger charge is -2.35. The van der Waals surface area contributed by atoms with Gasteiger partial charge in [0, 0.05) is 53.2 Å². The predicted molar refractivity (Wildman–Crippen MR) is 298 cm³/mol. The molecule has 0 spiro atoms. The van der Waals surface area contributed by atoms with Gasteiger partial charge in [0.05, 0.1) is 76.5 Å².